The third kappa shape index (κ3) is 4.26. The van der Waals surface area contributed by atoms with Gasteiger partial charge in [0.15, 0.2) is 18.1 Å². The average Bonchev–Trinajstić information content (AvgIpc) is 2.87. The minimum atomic E-state index is -0.561. The predicted molar refractivity (Wildman–Crippen MR) is 94.0 cm³/mol. The van der Waals surface area contributed by atoms with Crippen molar-refractivity contribution in [3.8, 4) is 11.5 Å². The van der Waals surface area contributed by atoms with Crippen LogP contribution in [0.3, 0.4) is 0 Å². The van der Waals surface area contributed by atoms with Crippen LogP contribution >= 0.6 is 11.6 Å². The molecule has 1 aromatic rings. The lowest BCUT2D eigenvalue weighted by atomic mass is 10.1. The first-order chi connectivity index (χ1) is 12.4. The highest BCUT2D eigenvalue weighted by Crippen LogP contribution is 2.37. The second kappa shape index (κ2) is 8.57. The first-order valence-electron chi connectivity index (χ1n) is 7.91. The van der Waals surface area contributed by atoms with E-state index in [-0.39, 0.29) is 29.6 Å². The van der Waals surface area contributed by atoms with Crippen molar-refractivity contribution in [3.05, 3.63) is 28.4 Å². The Hall–Kier alpha value is -2.74. The smallest absolute Gasteiger partial charge is 0.343 e. The molecule has 0 unspecified atom stereocenters. The summed E-state index contributed by atoms with van der Waals surface area (Å²) in [7, 11) is 1.25. The molecule has 1 N–H and O–H groups in total. The number of imide groups is 1. The molecule has 9 heteroatoms. The number of hydrogen-bond donors (Lipinski definition) is 1. The number of carbonyl (C=O) groups excluding carboxylic acids is 3. The Morgan fingerprint density at radius 1 is 1.27 bits per heavy atom. The van der Waals surface area contributed by atoms with Gasteiger partial charge in [0, 0.05) is 6.54 Å². The second-order valence-electron chi connectivity index (χ2n) is 5.17. The van der Waals surface area contributed by atoms with Crippen molar-refractivity contribution in [1.29, 1.82) is 0 Å². The molecule has 1 aromatic carbocycles. The fraction of sp³-hybridized carbons (Fsp3) is 0.353. The number of nitrogens with zero attached hydrogens (tertiary/aromatic N) is 1. The van der Waals surface area contributed by atoms with Gasteiger partial charge in [0.25, 0.3) is 5.91 Å². The third-order valence-electron chi connectivity index (χ3n) is 3.48. The molecule has 1 aliphatic heterocycles. The van der Waals surface area contributed by atoms with Crippen LogP contribution < -0.4 is 14.8 Å². The molecule has 3 amide bonds. The zero-order valence-electron chi connectivity index (χ0n) is 14.6. The summed E-state index contributed by atoms with van der Waals surface area (Å²) in [6, 6.07) is 2.67. The summed E-state index contributed by atoms with van der Waals surface area (Å²) < 4.78 is 15.4. The number of nitrogens with one attached hydrogen (secondary N) is 1. The van der Waals surface area contributed by atoms with Crippen LogP contribution in [0.25, 0.3) is 6.08 Å². The van der Waals surface area contributed by atoms with Crippen molar-refractivity contribution in [3.63, 3.8) is 0 Å². The maximum absolute atomic E-state index is 12.2. The minimum absolute atomic E-state index is 0.138. The zero-order valence-corrected chi connectivity index (χ0v) is 15.4. The van der Waals surface area contributed by atoms with E-state index in [2.05, 4.69) is 10.1 Å². The Bertz CT molecular complexity index is 762. The zero-order chi connectivity index (χ0) is 19.3. The van der Waals surface area contributed by atoms with Crippen LogP contribution in [0.15, 0.2) is 17.8 Å². The number of urea groups is 1. The lowest BCUT2D eigenvalue weighted by Gasteiger charge is -2.14. The largest absolute Gasteiger partial charge is 0.490 e. The first kappa shape index (κ1) is 19.6. The Kier molecular flexibility index (Phi) is 6.46. The Labute approximate surface area is 155 Å². The number of methoxy groups -OCH3 is 1. The predicted octanol–water partition coefficient (Wildman–Crippen LogP) is 2.20. The monoisotopic (exact) mass is 382 g/mol. The number of carbonyl (C=O) groups is 3. The highest BCUT2D eigenvalue weighted by atomic mass is 35.5. The van der Waals surface area contributed by atoms with Gasteiger partial charge < -0.3 is 19.5 Å². The molecule has 2 rings (SSSR count). The number of esters is 1. The lowest BCUT2D eigenvalue weighted by Crippen LogP contribution is -2.30. The molecular formula is C17H19ClN2O6. The van der Waals surface area contributed by atoms with Crippen LogP contribution in [-0.4, -0.2) is 49.7 Å². The van der Waals surface area contributed by atoms with Gasteiger partial charge in [-0.3, -0.25) is 9.69 Å². The molecule has 26 heavy (non-hydrogen) atoms. The number of ether oxygens (including phenoxy) is 3. The molecular weight excluding hydrogens is 364 g/mol. The van der Waals surface area contributed by atoms with Gasteiger partial charge in [-0.1, -0.05) is 11.6 Å². The molecule has 0 atom stereocenters. The molecule has 140 valence electrons. The summed E-state index contributed by atoms with van der Waals surface area (Å²) in [6.07, 6.45) is 1.49. The summed E-state index contributed by atoms with van der Waals surface area (Å²) in [5.41, 5.74) is 0.670. The maximum atomic E-state index is 12.2. The van der Waals surface area contributed by atoms with Gasteiger partial charge in [0.2, 0.25) is 0 Å². The molecule has 8 nitrogen and oxygen atoms in total. The van der Waals surface area contributed by atoms with Crippen molar-refractivity contribution < 1.29 is 28.6 Å². The van der Waals surface area contributed by atoms with E-state index in [9.17, 15) is 14.4 Å². The number of rotatable bonds is 7. The number of amides is 3. The summed E-state index contributed by atoms with van der Waals surface area (Å²) >= 11 is 6.23. The molecule has 1 fully saturated rings. The Morgan fingerprint density at radius 2 is 2.00 bits per heavy atom. The molecule has 0 aliphatic carbocycles. The number of halogens is 1. The van der Waals surface area contributed by atoms with E-state index >= 15 is 0 Å². The van der Waals surface area contributed by atoms with Gasteiger partial charge in [0.1, 0.15) is 5.70 Å². The van der Waals surface area contributed by atoms with Crippen molar-refractivity contribution >= 4 is 35.6 Å². The number of likely N-dealkylation sites (N-methyl/N-ethyl adjacent to an activating group) is 1. The van der Waals surface area contributed by atoms with E-state index in [0.29, 0.717) is 17.9 Å². The van der Waals surface area contributed by atoms with Crippen LogP contribution in [0.5, 0.6) is 11.5 Å². The van der Waals surface area contributed by atoms with E-state index < -0.39 is 17.9 Å². The molecule has 0 radical (unpaired) electrons. The quantitative estimate of drug-likeness (QED) is 0.441. The number of hydrogen-bond acceptors (Lipinski definition) is 6. The van der Waals surface area contributed by atoms with Crippen LogP contribution in [0.4, 0.5) is 4.79 Å². The van der Waals surface area contributed by atoms with E-state index in [1.807, 2.05) is 0 Å². The van der Waals surface area contributed by atoms with Crippen LogP contribution in [-0.2, 0) is 14.3 Å². The van der Waals surface area contributed by atoms with Crippen LogP contribution in [0, 0.1) is 0 Å². The van der Waals surface area contributed by atoms with Gasteiger partial charge in [-0.05, 0) is 37.6 Å². The lowest BCUT2D eigenvalue weighted by molar-refractivity contribution is -0.142. The fourth-order valence-corrected chi connectivity index (χ4v) is 2.56. The van der Waals surface area contributed by atoms with E-state index in [1.54, 1.807) is 19.9 Å². The van der Waals surface area contributed by atoms with Crippen molar-refractivity contribution in [2.45, 2.75) is 13.8 Å². The average molecular weight is 383 g/mol. The highest BCUT2D eigenvalue weighted by molar-refractivity contribution is 6.32. The van der Waals surface area contributed by atoms with Crippen molar-refractivity contribution in [2.75, 3.05) is 26.9 Å². The molecule has 0 spiro atoms. The van der Waals surface area contributed by atoms with Gasteiger partial charge in [-0.15, -0.1) is 0 Å². The van der Waals surface area contributed by atoms with Crippen LogP contribution in [0.1, 0.15) is 19.4 Å². The third-order valence-corrected chi connectivity index (χ3v) is 3.76. The highest BCUT2D eigenvalue weighted by Gasteiger charge is 2.32. The second-order valence-corrected chi connectivity index (χ2v) is 5.57. The van der Waals surface area contributed by atoms with Gasteiger partial charge in [-0.2, -0.15) is 0 Å². The molecule has 0 aromatic heterocycles. The first-order valence-corrected chi connectivity index (χ1v) is 8.29. The summed E-state index contributed by atoms with van der Waals surface area (Å²) in [5, 5.41) is 2.70. The molecule has 0 bridgehead atoms. The Balaban J connectivity index is 2.33. The molecule has 0 saturated carbocycles. The van der Waals surface area contributed by atoms with E-state index in [0.717, 1.165) is 4.90 Å². The summed E-state index contributed by atoms with van der Waals surface area (Å²) in [4.78, 5) is 36.2. The van der Waals surface area contributed by atoms with E-state index in [4.69, 9.17) is 21.1 Å². The summed E-state index contributed by atoms with van der Waals surface area (Å²) in [5.74, 6) is -0.482. The molecule has 1 aliphatic rings. The molecule has 1 heterocycles. The van der Waals surface area contributed by atoms with Crippen molar-refractivity contribution in [1.82, 2.24) is 10.2 Å². The van der Waals surface area contributed by atoms with Crippen LogP contribution in [0.2, 0.25) is 5.02 Å². The van der Waals surface area contributed by atoms with Gasteiger partial charge in [-0.25, -0.2) is 9.59 Å². The topological polar surface area (TPSA) is 94.2 Å². The normalized spacial score (nSPS) is 15.2. The maximum Gasteiger partial charge on any atom is 0.343 e. The standard InChI is InChI=1S/C17H19ClN2O6/c1-4-20-16(22)12(19-17(20)23)7-10-6-11(18)15(13(8-10)25-5-2)26-9-14(21)24-3/h6-8H,4-5,9H2,1-3H3,(H,19,23)/b12-7+. The Morgan fingerprint density at radius 3 is 2.58 bits per heavy atom. The van der Waals surface area contributed by atoms with Gasteiger partial charge >= 0.3 is 12.0 Å². The van der Waals surface area contributed by atoms with E-state index in [1.165, 1.54) is 19.3 Å². The molecule has 1 saturated heterocycles. The SMILES string of the molecule is CCOc1cc(/C=C2/NC(=O)N(CC)C2=O)cc(Cl)c1OCC(=O)OC. The minimum Gasteiger partial charge on any atom is -0.490 e. The van der Waals surface area contributed by atoms with Crippen molar-refractivity contribution in [2.24, 2.45) is 0 Å². The summed E-state index contributed by atoms with van der Waals surface area (Å²) in [6.45, 7) is 3.77. The fourth-order valence-electron chi connectivity index (χ4n) is 2.29. The van der Waals surface area contributed by atoms with Gasteiger partial charge in [0.05, 0.1) is 18.7 Å². The number of benzene rings is 1.